The van der Waals surface area contributed by atoms with Crippen LogP contribution in [0.15, 0.2) is 0 Å². The number of nitrogens with zero attached hydrogens (tertiary/aromatic N) is 2. The summed E-state index contributed by atoms with van der Waals surface area (Å²) in [6.07, 6.45) is 4.98. The summed E-state index contributed by atoms with van der Waals surface area (Å²) in [7, 11) is 4.31. The van der Waals surface area contributed by atoms with Crippen molar-refractivity contribution in [3.63, 3.8) is 0 Å². The van der Waals surface area contributed by atoms with Gasteiger partial charge in [-0.25, -0.2) is 0 Å². The highest BCUT2D eigenvalue weighted by atomic mass is 15.2. The first-order valence-electron chi connectivity index (χ1n) is 8.40. The maximum atomic E-state index is 6.47. The van der Waals surface area contributed by atoms with E-state index in [0.29, 0.717) is 17.5 Å². The second-order valence-corrected chi connectivity index (χ2v) is 7.95. The average molecular weight is 284 g/mol. The fourth-order valence-corrected chi connectivity index (χ4v) is 3.44. The summed E-state index contributed by atoms with van der Waals surface area (Å²) in [4.78, 5) is 4.93. The van der Waals surface area contributed by atoms with Crippen LogP contribution in [0.25, 0.3) is 0 Å². The fraction of sp³-hybridized carbons (Fsp3) is 1.00. The minimum Gasteiger partial charge on any atom is -0.326 e. The van der Waals surface area contributed by atoms with Crippen LogP contribution >= 0.6 is 0 Å². The molecule has 0 aromatic carbocycles. The van der Waals surface area contributed by atoms with Gasteiger partial charge in [-0.15, -0.1) is 0 Å². The van der Waals surface area contributed by atoms with Crippen LogP contribution in [0.3, 0.4) is 0 Å². The maximum Gasteiger partial charge on any atom is 0.0250 e. The molecule has 0 heterocycles. The van der Waals surface area contributed by atoms with Crippen LogP contribution in [-0.4, -0.2) is 55.6 Å². The van der Waals surface area contributed by atoms with E-state index in [-0.39, 0.29) is 0 Å². The zero-order valence-corrected chi connectivity index (χ0v) is 14.7. The highest BCUT2D eigenvalue weighted by Crippen LogP contribution is 2.38. The van der Waals surface area contributed by atoms with Crippen LogP contribution in [0.5, 0.6) is 0 Å². The van der Waals surface area contributed by atoms with Crippen LogP contribution < -0.4 is 5.73 Å². The lowest BCUT2D eigenvalue weighted by Gasteiger charge is -2.45. The molecule has 0 amide bonds. The van der Waals surface area contributed by atoms with E-state index in [1.165, 1.54) is 32.2 Å². The Morgan fingerprint density at radius 1 is 1.05 bits per heavy atom. The van der Waals surface area contributed by atoms with Gasteiger partial charge in [-0.05, 0) is 57.7 Å². The summed E-state index contributed by atoms with van der Waals surface area (Å²) in [5, 5.41) is 0. The van der Waals surface area contributed by atoms with Crippen molar-refractivity contribution in [3.8, 4) is 0 Å². The summed E-state index contributed by atoms with van der Waals surface area (Å²) in [5.41, 5.74) is 6.88. The summed E-state index contributed by atoms with van der Waals surface area (Å²) in [5.74, 6) is 0.811. The molecular formula is C17H37N3. The molecule has 1 aliphatic rings. The van der Waals surface area contributed by atoms with E-state index in [0.717, 1.165) is 19.0 Å². The van der Waals surface area contributed by atoms with E-state index in [2.05, 4.69) is 51.6 Å². The largest absolute Gasteiger partial charge is 0.326 e. The quantitative estimate of drug-likeness (QED) is 0.813. The molecule has 0 aromatic heterocycles. The highest BCUT2D eigenvalue weighted by molar-refractivity contribution is 4.92. The van der Waals surface area contributed by atoms with Crippen molar-refractivity contribution in [3.05, 3.63) is 0 Å². The molecule has 0 bridgehead atoms. The van der Waals surface area contributed by atoms with Crippen LogP contribution in [-0.2, 0) is 0 Å². The molecule has 20 heavy (non-hydrogen) atoms. The van der Waals surface area contributed by atoms with Gasteiger partial charge in [-0.2, -0.15) is 0 Å². The van der Waals surface area contributed by atoms with E-state index in [1.807, 2.05) is 0 Å². The Morgan fingerprint density at radius 2 is 1.70 bits per heavy atom. The van der Waals surface area contributed by atoms with Gasteiger partial charge in [0.1, 0.15) is 0 Å². The third kappa shape index (κ3) is 5.34. The molecule has 0 aliphatic heterocycles. The third-order valence-corrected chi connectivity index (χ3v) is 4.91. The Bertz CT molecular complexity index is 270. The molecule has 0 radical (unpaired) electrons. The second-order valence-electron chi connectivity index (χ2n) is 7.95. The maximum absolute atomic E-state index is 6.47. The van der Waals surface area contributed by atoms with Crippen molar-refractivity contribution in [2.75, 3.05) is 33.7 Å². The zero-order chi connectivity index (χ0) is 15.3. The lowest BCUT2D eigenvalue weighted by Crippen LogP contribution is -2.54. The zero-order valence-electron chi connectivity index (χ0n) is 14.7. The van der Waals surface area contributed by atoms with Crippen LogP contribution in [0.2, 0.25) is 0 Å². The van der Waals surface area contributed by atoms with Crippen LogP contribution in [0.1, 0.15) is 53.4 Å². The molecule has 3 unspecified atom stereocenters. The Labute approximate surface area is 126 Å². The molecule has 0 spiro atoms. The first-order chi connectivity index (χ1) is 9.25. The van der Waals surface area contributed by atoms with E-state index in [9.17, 15) is 0 Å². The minimum absolute atomic E-state index is 0.363. The molecule has 3 atom stereocenters. The predicted molar refractivity (Wildman–Crippen MR) is 89.0 cm³/mol. The molecule has 1 rings (SSSR count). The minimum atomic E-state index is 0.363. The smallest absolute Gasteiger partial charge is 0.0250 e. The number of hydrogen-bond donors (Lipinski definition) is 1. The van der Waals surface area contributed by atoms with Gasteiger partial charge in [0.05, 0.1) is 0 Å². The van der Waals surface area contributed by atoms with Gasteiger partial charge in [0.15, 0.2) is 0 Å². The standard InChI is InChI=1S/C17H37N3/c1-7-10-20(12-11-19(5)6)16-13-14(17(2,3)4)8-9-15(16)18/h14-16H,7-13,18H2,1-6H3. The number of hydrogen-bond acceptors (Lipinski definition) is 3. The molecule has 0 aromatic rings. The lowest BCUT2D eigenvalue weighted by molar-refractivity contribution is 0.0652. The molecule has 1 aliphatic carbocycles. The number of likely N-dealkylation sites (N-methyl/N-ethyl adjacent to an activating group) is 1. The van der Waals surface area contributed by atoms with Gasteiger partial charge in [0.2, 0.25) is 0 Å². The van der Waals surface area contributed by atoms with Gasteiger partial charge in [-0.3, -0.25) is 4.90 Å². The summed E-state index contributed by atoms with van der Waals surface area (Å²) >= 11 is 0. The first-order valence-corrected chi connectivity index (χ1v) is 8.40. The molecular weight excluding hydrogens is 246 g/mol. The van der Waals surface area contributed by atoms with Crippen molar-refractivity contribution in [2.24, 2.45) is 17.1 Å². The molecule has 1 fully saturated rings. The van der Waals surface area contributed by atoms with E-state index >= 15 is 0 Å². The molecule has 0 saturated heterocycles. The van der Waals surface area contributed by atoms with Crippen LogP contribution in [0.4, 0.5) is 0 Å². The normalized spacial score (nSPS) is 28.4. The summed E-state index contributed by atoms with van der Waals surface area (Å²) < 4.78 is 0. The number of rotatable bonds is 6. The molecule has 120 valence electrons. The molecule has 1 saturated carbocycles. The van der Waals surface area contributed by atoms with Gasteiger partial charge in [-0.1, -0.05) is 27.7 Å². The van der Waals surface area contributed by atoms with Gasteiger partial charge >= 0.3 is 0 Å². The summed E-state index contributed by atoms with van der Waals surface area (Å²) in [6.45, 7) is 12.9. The van der Waals surface area contributed by atoms with E-state index < -0.39 is 0 Å². The Morgan fingerprint density at radius 3 is 2.20 bits per heavy atom. The van der Waals surface area contributed by atoms with Crippen molar-refractivity contribution in [1.29, 1.82) is 0 Å². The first kappa shape index (κ1) is 17.9. The Hall–Kier alpha value is -0.120. The monoisotopic (exact) mass is 283 g/mol. The van der Waals surface area contributed by atoms with Crippen molar-refractivity contribution in [2.45, 2.75) is 65.5 Å². The van der Waals surface area contributed by atoms with Gasteiger partial charge in [0, 0.05) is 25.2 Å². The SMILES string of the molecule is CCCN(CCN(C)C)C1CC(C(C)(C)C)CCC1N. The van der Waals surface area contributed by atoms with Gasteiger partial charge in [0.25, 0.3) is 0 Å². The Kier molecular flexibility index (Phi) is 6.96. The molecule has 3 heteroatoms. The summed E-state index contributed by atoms with van der Waals surface area (Å²) in [6, 6.07) is 0.940. The van der Waals surface area contributed by atoms with Crippen molar-refractivity contribution >= 4 is 0 Å². The predicted octanol–water partition coefficient (Wildman–Crippen LogP) is 2.80. The average Bonchev–Trinajstić information content (AvgIpc) is 2.33. The van der Waals surface area contributed by atoms with Crippen LogP contribution in [0, 0.1) is 11.3 Å². The van der Waals surface area contributed by atoms with Crippen molar-refractivity contribution < 1.29 is 0 Å². The topological polar surface area (TPSA) is 32.5 Å². The van der Waals surface area contributed by atoms with Crippen molar-refractivity contribution in [1.82, 2.24) is 9.80 Å². The fourth-order valence-electron chi connectivity index (χ4n) is 3.44. The Balaban J connectivity index is 2.70. The second kappa shape index (κ2) is 7.77. The molecule has 2 N–H and O–H groups in total. The molecule has 3 nitrogen and oxygen atoms in total. The number of nitrogens with two attached hydrogens (primary N) is 1. The van der Waals surface area contributed by atoms with E-state index in [1.54, 1.807) is 0 Å². The highest BCUT2D eigenvalue weighted by Gasteiger charge is 2.36. The van der Waals surface area contributed by atoms with Gasteiger partial charge < -0.3 is 10.6 Å². The lowest BCUT2D eigenvalue weighted by atomic mass is 9.69. The third-order valence-electron chi connectivity index (χ3n) is 4.91. The van der Waals surface area contributed by atoms with E-state index in [4.69, 9.17) is 5.73 Å².